The average Bonchev–Trinajstić information content (AvgIpc) is 3.01. The fourth-order valence-electron chi connectivity index (χ4n) is 4.44. The van der Waals surface area contributed by atoms with Crippen molar-refractivity contribution in [1.29, 1.82) is 0 Å². The first-order valence-corrected chi connectivity index (χ1v) is 9.67. The van der Waals surface area contributed by atoms with Crippen LogP contribution in [-0.4, -0.2) is 27.8 Å². The van der Waals surface area contributed by atoms with E-state index in [2.05, 4.69) is 22.0 Å². The SMILES string of the molecule is O=C(c1ccccc1Br)N1CCc2c3n(c4ccccc24)C(=O)CCC31. The molecule has 0 aliphatic carbocycles. The molecule has 3 heterocycles. The van der Waals surface area contributed by atoms with Crippen LogP contribution in [0.25, 0.3) is 10.9 Å². The van der Waals surface area contributed by atoms with E-state index in [9.17, 15) is 9.59 Å². The molecule has 1 aromatic heterocycles. The third kappa shape index (κ3) is 2.13. The quantitative estimate of drug-likeness (QED) is 0.591. The Morgan fingerprint density at radius 2 is 1.81 bits per heavy atom. The Bertz CT molecular complexity index is 1070. The summed E-state index contributed by atoms with van der Waals surface area (Å²) in [6.45, 7) is 0.681. The van der Waals surface area contributed by atoms with E-state index in [-0.39, 0.29) is 17.9 Å². The van der Waals surface area contributed by atoms with Crippen LogP contribution in [0.1, 0.15) is 45.3 Å². The maximum absolute atomic E-state index is 13.2. The zero-order valence-corrected chi connectivity index (χ0v) is 15.7. The number of nitrogens with zero attached hydrogens (tertiary/aromatic N) is 2. The lowest BCUT2D eigenvalue weighted by molar-refractivity contribution is 0.0592. The highest BCUT2D eigenvalue weighted by atomic mass is 79.9. The van der Waals surface area contributed by atoms with Gasteiger partial charge in [0.05, 0.1) is 22.8 Å². The molecule has 0 spiro atoms. The Morgan fingerprint density at radius 3 is 2.65 bits per heavy atom. The maximum atomic E-state index is 13.2. The van der Waals surface area contributed by atoms with E-state index in [4.69, 9.17) is 0 Å². The van der Waals surface area contributed by atoms with Gasteiger partial charge in [-0.25, -0.2) is 0 Å². The minimum Gasteiger partial charge on any atom is -0.330 e. The van der Waals surface area contributed by atoms with Crippen LogP contribution in [0.15, 0.2) is 53.0 Å². The van der Waals surface area contributed by atoms with Crippen molar-refractivity contribution >= 4 is 38.6 Å². The predicted molar refractivity (Wildman–Crippen MR) is 103 cm³/mol. The summed E-state index contributed by atoms with van der Waals surface area (Å²) < 4.78 is 2.67. The second kappa shape index (κ2) is 5.81. The number of aromatic nitrogens is 1. The van der Waals surface area contributed by atoms with Crippen LogP contribution in [0, 0.1) is 0 Å². The van der Waals surface area contributed by atoms with Crippen LogP contribution >= 0.6 is 15.9 Å². The highest BCUT2D eigenvalue weighted by molar-refractivity contribution is 9.10. The molecule has 0 saturated heterocycles. The van der Waals surface area contributed by atoms with Crippen LogP contribution in [-0.2, 0) is 6.42 Å². The summed E-state index contributed by atoms with van der Waals surface area (Å²) in [5, 5.41) is 1.15. The van der Waals surface area contributed by atoms with Crippen molar-refractivity contribution in [2.45, 2.75) is 25.3 Å². The van der Waals surface area contributed by atoms with Gasteiger partial charge in [-0.15, -0.1) is 0 Å². The molecule has 26 heavy (non-hydrogen) atoms. The molecule has 0 N–H and O–H groups in total. The smallest absolute Gasteiger partial charge is 0.255 e. The number of para-hydroxylation sites is 1. The maximum Gasteiger partial charge on any atom is 0.255 e. The fraction of sp³-hybridized carbons (Fsp3) is 0.238. The van der Waals surface area contributed by atoms with Crippen molar-refractivity contribution in [2.24, 2.45) is 0 Å². The molecular formula is C21H17BrN2O2. The number of rotatable bonds is 1. The summed E-state index contributed by atoms with van der Waals surface area (Å²) in [6, 6.07) is 15.6. The van der Waals surface area contributed by atoms with Gasteiger partial charge < -0.3 is 4.90 Å². The average molecular weight is 409 g/mol. The van der Waals surface area contributed by atoms with Gasteiger partial charge in [-0.05, 0) is 52.5 Å². The minimum absolute atomic E-state index is 0.0271. The van der Waals surface area contributed by atoms with E-state index < -0.39 is 0 Å². The molecule has 1 atom stereocenters. The van der Waals surface area contributed by atoms with Crippen molar-refractivity contribution < 1.29 is 9.59 Å². The largest absolute Gasteiger partial charge is 0.330 e. The van der Waals surface area contributed by atoms with Crippen molar-refractivity contribution in [3.05, 3.63) is 69.8 Å². The molecule has 0 saturated carbocycles. The molecule has 1 unspecified atom stereocenters. The van der Waals surface area contributed by atoms with Crippen LogP contribution in [0.4, 0.5) is 0 Å². The number of amides is 1. The Balaban J connectivity index is 1.66. The van der Waals surface area contributed by atoms with Crippen molar-refractivity contribution in [3.63, 3.8) is 0 Å². The molecule has 4 nitrogen and oxygen atoms in total. The van der Waals surface area contributed by atoms with Gasteiger partial charge in [-0.1, -0.05) is 30.3 Å². The van der Waals surface area contributed by atoms with Gasteiger partial charge in [0.25, 0.3) is 5.91 Å². The van der Waals surface area contributed by atoms with E-state index in [0.717, 1.165) is 27.5 Å². The number of fused-ring (bicyclic) bond motifs is 3. The van der Waals surface area contributed by atoms with E-state index in [1.54, 1.807) is 0 Å². The Morgan fingerprint density at radius 1 is 1.04 bits per heavy atom. The number of halogens is 1. The standard InChI is InChI=1S/C21H17BrN2O2/c22-16-7-3-1-6-15(16)21(26)23-12-11-14-13-5-2-4-8-17(13)24-19(25)10-9-18(23)20(14)24/h1-8,18H,9-12H2. The lowest BCUT2D eigenvalue weighted by Crippen LogP contribution is -2.43. The number of benzene rings is 2. The molecule has 3 aromatic rings. The lowest BCUT2D eigenvalue weighted by Gasteiger charge is -2.39. The van der Waals surface area contributed by atoms with E-state index >= 15 is 0 Å². The van der Waals surface area contributed by atoms with Crippen molar-refractivity contribution in [3.8, 4) is 0 Å². The third-order valence-corrected chi connectivity index (χ3v) is 6.25. The fourth-order valence-corrected chi connectivity index (χ4v) is 4.90. The first kappa shape index (κ1) is 15.8. The molecule has 130 valence electrons. The zero-order valence-electron chi connectivity index (χ0n) is 14.1. The van der Waals surface area contributed by atoms with E-state index in [0.29, 0.717) is 24.9 Å². The van der Waals surface area contributed by atoms with Gasteiger partial charge in [-0.2, -0.15) is 0 Å². The Hall–Kier alpha value is -2.40. The number of hydrogen-bond acceptors (Lipinski definition) is 2. The van der Waals surface area contributed by atoms with Gasteiger partial charge >= 0.3 is 0 Å². The highest BCUT2D eigenvalue weighted by Crippen LogP contribution is 2.42. The topological polar surface area (TPSA) is 42.3 Å². The molecular weight excluding hydrogens is 392 g/mol. The Kier molecular flexibility index (Phi) is 3.54. The van der Waals surface area contributed by atoms with E-state index in [1.165, 1.54) is 5.56 Å². The van der Waals surface area contributed by atoms with E-state index in [1.807, 2.05) is 51.9 Å². The van der Waals surface area contributed by atoms with Crippen LogP contribution in [0.5, 0.6) is 0 Å². The minimum atomic E-state index is -0.0385. The van der Waals surface area contributed by atoms with Crippen molar-refractivity contribution in [2.75, 3.05) is 6.54 Å². The molecule has 0 radical (unpaired) electrons. The molecule has 0 bridgehead atoms. The van der Waals surface area contributed by atoms with Gasteiger partial charge in [0.15, 0.2) is 0 Å². The predicted octanol–water partition coefficient (Wildman–Crippen LogP) is 4.58. The van der Waals surface area contributed by atoms with Gasteiger partial charge in [0.2, 0.25) is 5.91 Å². The molecule has 0 fully saturated rings. The summed E-state index contributed by atoms with van der Waals surface area (Å²) in [5.74, 6) is 0.160. The van der Waals surface area contributed by atoms with Crippen LogP contribution < -0.4 is 0 Å². The molecule has 5 rings (SSSR count). The number of hydrogen-bond donors (Lipinski definition) is 0. The van der Waals surface area contributed by atoms with Gasteiger partial charge in [-0.3, -0.25) is 14.2 Å². The second-order valence-electron chi connectivity index (χ2n) is 6.89. The second-order valence-corrected chi connectivity index (χ2v) is 7.75. The molecule has 2 aliphatic heterocycles. The summed E-state index contributed by atoms with van der Waals surface area (Å²) in [6.07, 6.45) is 1.94. The van der Waals surface area contributed by atoms with Crippen LogP contribution in [0.3, 0.4) is 0 Å². The number of carbonyl (C=O) groups is 2. The molecule has 1 amide bonds. The molecule has 2 aliphatic rings. The van der Waals surface area contributed by atoms with Gasteiger partial charge in [0, 0.05) is 22.8 Å². The normalized spacial score (nSPS) is 18.9. The van der Waals surface area contributed by atoms with Crippen molar-refractivity contribution in [1.82, 2.24) is 9.47 Å². The molecule has 2 aromatic carbocycles. The first-order chi connectivity index (χ1) is 12.7. The van der Waals surface area contributed by atoms with Crippen LogP contribution in [0.2, 0.25) is 0 Å². The van der Waals surface area contributed by atoms with Gasteiger partial charge in [0.1, 0.15) is 0 Å². The zero-order chi connectivity index (χ0) is 17.8. The lowest BCUT2D eigenvalue weighted by atomic mass is 9.91. The third-order valence-electron chi connectivity index (χ3n) is 5.56. The summed E-state index contributed by atoms with van der Waals surface area (Å²) in [5.41, 5.74) is 3.90. The monoisotopic (exact) mass is 408 g/mol. The highest BCUT2D eigenvalue weighted by Gasteiger charge is 2.39. The Labute approximate surface area is 159 Å². The molecule has 5 heteroatoms. The summed E-state index contributed by atoms with van der Waals surface area (Å²) in [4.78, 5) is 27.8. The first-order valence-electron chi connectivity index (χ1n) is 8.87. The number of carbonyl (C=O) groups excluding carboxylic acids is 2. The summed E-state index contributed by atoms with van der Waals surface area (Å²) >= 11 is 3.50. The summed E-state index contributed by atoms with van der Waals surface area (Å²) in [7, 11) is 0.